The van der Waals surface area contributed by atoms with Crippen molar-refractivity contribution in [1.82, 2.24) is 20.2 Å². The number of anilines is 2. The maximum absolute atomic E-state index is 13.6. The topological polar surface area (TPSA) is 109 Å². The molecule has 43 heavy (non-hydrogen) atoms. The number of halogens is 1. The van der Waals surface area contributed by atoms with E-state index in [0.29, 0.717) is 55.2 Å². The Morgan fingerprint density at radius 1 is 1.05 bits per heavy atom. The first-order valence-electron chi connectivity index (χ1n) is 14.9. The number of hydrogen-bond donors (Lipinski definition) is 2. The second-order valence-corrected chi connectivity index (χ2v) is 11.7. The summed E-state index contributed by atoms with van der Waals surface area (Å²) in [6.45, 7) is 8.62. The molecule has 0 spiro atoms. The number of amides is 2. The third kappa shape index (κ3) is 6.46. The zero-order valence-electron chi connectivity index (χ0n) is 24.5. The fourth-order valence-corrected chi connectivity index (χ4v) is 6.02. The van der Waals surface area contributed by atoms with Crippen LogP contribution in [0.5, 0.6) is 0 Å². The lowest BCUT2D eigenvalue weighted by Gasteiger charge is -2.30. The number of aromatic nitrogens is 2. The highest BCUT2D eigenvalue weighted by molar-refractivity contribution is 6.33. The molecule has 10 nitrogen and oxygen atoms in total. The third-order valence-corrected chi connectivity index (χ3v) is 8.74. The standard InChI is InChI=1S/C32H37ClN6O4/c1-20(22-4-3-5-26(16-22)38-10-14-43-15-11-38)35-30(40)21(2)39-19-24-7-6-23(17-27(24)31(39)41)29-28(33)18-34-32(37-29)36-25-8-12-42-13-9-25/h3-7,16-18,20-21,25H,8-15,19H2,1-2H3,(H,35,40)(H,34,36,37). The molecule has 226 valence electrons. The highest BCUT2D eigenvalue weighted by Crippen LogP contribution is 2.33. The average molecular weight is 605 g/mol. The maximum Gasteiger partial charge on any atom is 0.255 e. The summed E-state index contributed by atoms with van der Waals surface area (Å²) in [5, 5.41) is 6.88. The van der Waals surface area contributed by atoms with E-state index in [1.807, 2.05) is 37.3 Å². The summed E-state index contributed by atoms with van der Waals surface area (Å²) in [5.41, 5.74) is 4.83. The van der Waals surface area contributed by atoms with Crippen LogP contribution < -0.4 is 15.5 Å². The minimum atomic E-state index is -0.647. The molecule has 6 rings (SSSR count). The number of rotatable bonds is 8. The van der Waals surface area contributed by atoms with E-state index in [4.69, 9.17) is 21.1 Å². The van der Waals surface area contributed by atoms with Gasteiger partial charge < -0.3 is 29.9 Å². The van der Waals surface area contributed by atoms with Crippen LogP contribution in [-0.4, -0.2) is 78.3 Å². The largest absolute Gasteiger partial charge is 0.381 e. The molecule has 3 aromatic rings. The molecule has 0 bridgehead atoms. The van der Waals surface area contributed by atoms with Gasteiger partial charge in [0.2, 0.25) is 11.9 Å². The van der Waals surface area contributed by atoms with Crippen molar-refractivity contribution in [1.29, 1.82) is 0 Å². The highest BCUT2D eigenvalue weighted by atomic mass is 35.5. The van der Waals surface area contributed by atoms with Gasteiger partial charge in [-0.25, -0.2) is 9.97 Å². The molecule has 3 aliphatic heterocycles. The highest BCUT2D eigenvalue weighted by Gasteiger charge is 2.35. The molecule has 1 aromatic heterocycles. The molecule has 2 saturated heterocycles. The zero-order chi connectivity index (χ0) is 29.9. The summed E-state index contributed by atoms with van der Waals surface area (Å²) in [7, 11) is 0. The summed E-state index contributed by atoms with van der Waals surface area (Å²) in [6, 6.07) is 13.2. The molecule has 11 heteroatoms. The van der Waals surface area contributed by atoms with Gasteiger partial charge in [-0.15, -0.1) is 0 Å². The summed E-state index contributed by atoms with van der Waals surface area (Å²) in [4.78, 5) is 39.8. The summed E-state index contributed by atoms with van der Waals surface area (Å²) in [5.74, 6) is 0.107. The Labute approximate surface area is 256 Å². The lowest BCUT2D eigenvalue weighted by molar-refractivity contribution is -0.125. The number of nitrogens with one attached hydrogen (secondary N) is 2. The minimum absolute atomic E-state index is 0.188. The second-order valence-electron chi connectivity index (χ2n) is 11.3. The van der Waals surface area contributed by atoms with Crippen molar-refractivity contribution in [3.05, 3.63) is 70.4 Å². The monoisotopic (exact) mass is 604 g/mol. The van der Waals surface area contributed by atoms with E-state index in [0.717, 1.165) is 48.3 Å². The molecule has 2 aromatic carbocycles. The van der Waals surface area contributed by atoms with E-state index >= 15 is 0 Å². The molecule has 2 N–H and O–H groups in total. The van der Waals surface area contributed by atoms with Crippen LogP contribution in [0.3, 0.4) is 0 Å². The number of fused-ring (bicyclic) bond motifs is 1. The first-order chi connectivity index (χ1) is 20.9. The zero-order valence-corrected chi connectivity index (χ0v) is 25.3. The smallest absolute Gasteiger partial charge is 0.255 e. The second kappa shape index (κ2) is 12.9. The Morgan fingerprint density at radius 3 is 2.60 bits per heavy atom. The van der Waals surface area contributed by atoms with Gasteiger partial charge in [0.25, 0.3) is 5.91 Å². The quantitative estimate of drug-likeness (QED) is 0.388. The van der Waals surface area contributed by atoms with Gasteiger partial charge in [0.15, 0.2) is 0 Å². The molecule has 2 atom stereocenters. The number of benzene rings is 2. The number of nitrogens with zero attached hydrogens (tertiary/aromatic N) is 4. The lowest BCUT2D eigenvalue weighted by Crippen LogP contribution is -2.45. The Morgan fingerprint density at radius 2 is 1.81 bits per heavy atom. The first kappa shape index (κ1) is 29.3. The van der Waals surface area contributed by atoms with Crippen molar-refractivity contribution in [2.75, 3.05) is 49.7 Å². The van der Waals surface area contributed by atoms with Crippen molar-refractivity contribution < 1.29 is 19.1 Å². The summed E-state index contributed by atoms with van der Waals surface area (Å²) < 4.78 is 10.9. The number of carbonyl (C=O) groups excluding carboxylic acids is 2. The van der Waals surface area contributed by atoms with E-state index in [1.54, 1.807) is 18.0 Å². The summed E-state index contributed by atoms with van der Waals surface area (Å²) >= 11 is 6.51. The molecule has 3 aliphatic rings. The number of hydrogen-bond acceptors (Lipinski definition) is 8. The SMILES string of the molecule is CC(NC(=O)C(C)N1Cc2ccc(-c3nc(NC4CCOCC4)ncc3Cl)cc2C1=O)c1cccc(N2CCOCC2)c1. The van der Waals surface area contributed by atoms with Crippen LogP contribution in [0, 0.1) is 0 Å². The van der Waals surface area contributed by atoms with Gasteiger partial charge in [-0.05, 0) is 56.0 Å². The fourth-order valence-electron chi connectivity index (χ4n) is 5.82. The Hall–Kier alpha value is -3.73. The minimum Gasteiger partial charge on any atom is -0.381 e. The third-order valence-electron chi connectivity index (χ3n) is 8.47. The first-order valence-corrected chi connectivity index (χ1v) is 15.3. The molecule has 2 unspecified atom stereocenters. The van der Waals surface area contributed by atoms with Gasteiger partial charge in [0.05, 0.1) is 36.2 Å². The molecular formula is C32H37ClN6O4. The van der Waals surface area contributed by atoms with Crippen LogP contribution in [0.1, 0.15) is 54.2 Å². The van der Waals surface area contributed by atoms with Gasteiger partial charge in [-0.1, -0.05) is 35.9 Å². The van der Waals surface area contributed by atoms with Crippen LogP contribution in [0.25, 0.3) is 11.3 Å². The molecule has 0 radical (unpaired) electrons. The summed E-state index contributed by atoms with van der Waals surface area (Å²) in [6.07, 6.45) is 3.35. The molecule has 4 heterocycles. The van der Waals surface area contributed by atoms with E-state index < -0.39 is 6.04 Å². The van der Waals surface area contributed by atoms with Crippen LogP contribution in [0.15, 0.2) is 48.7 Å². The number of carbonyl (C=O) groups is 2. The van der Waals surface area contributed by atoms with Gasteiger partial charge >= 0.3 is 0 Å². The van der Waals surface area contributed by atoms with Crippen molar-refractivity contribution in [2.24, 2.45) is 0 Å². The Bertz CT molecular complexity index is 1490. The van der Waals surface area contributed by atoms with Gasteiger partial charge in [0.1, 0.15) is 6.04 Å². The van der Waals surface area contributed by atoms with E-state index in [1.165, 1.54) is 0 Å². The van der Waals surface area contributed by atoms with Crippen molar-refractivity contribution in [3.8, 4) is 11.3 Å². The Balaban J connectivity index is 1.13. The van der Waals surface area contributed by atoms with Crippen LogP contribution in [-0.2, 0) is 20.8 Å². The number of morpholine rings is 1. The Kier molecular flexibility index (Phi) is 8.78. The molecule has 2 fully saturated rings. The van der Waals surface area contributed by atoms with Crippen molar-refractivity contribution >= 4 is 35.1 Å². The molecule has 2 amide bonds. The van der Waals surface area contributed by atoms with E-state index in [2.05, 4.69) is 37.6 Å². The van der Waals surface area contributed by atoms with E-state index in [-0.39, 0.29) is 23.9 Å². The number of ether oxygens (including phenoxy) is 2. The van der Waals surface area contributed by atoms with Crippen LogP contribution in [0.4, 0.5) is 11.6 Å². The molecule has 0 saturated carbocycles. The van der Waals surface area contributed by atoms with Crippen LogP contribution >= 0.6 is 11.6 Å². The van der Waals surface area contributed by atoms with Crippen molar-refractivity contribution in [3.63, 3.8) is 0 Å². The van der Waals surface area contributed by atoms with Gasteiger partial charge in [-0.3, -0.25) is 9.59 Å². The van der Waals surface area contributed by atoms with Gasteiger partial charge in [0, 0.05) is 55.7 Å². The maximum atomic E-state index is 13.6. The van der Waals surface area contributed by atoms with E-state index in [9.17, 15) is 9.59 Å². The normalized spacial score (nSPS) is 18.7. The van der Waals surface area contributed by atoms with Crippen molar-refractivity contribution in [2.45, 2.75) is 51.4 Å². The average Bonchev–Trinajstić information content (AvgIpc) is 3.37. The molecular weight excluding hydrogens is 568 g/mol. The van der Waals surface area contributed by atoms with Gasteiger partial charge in [-0.2, -0.15) is 0 Å². The predicted molar refractivity (Wildman–Crippen MR) is 165 cm³/mol. The lowest BCUT2D eigenvalue weighted by atomic mass is 10.0. The molecule has 0 aliphatic carbocycles. The predicted octanol–water partition coefficient (Wildman–Crippen LogP) is 4.45. The van der Waals surface area contributed by atoms with Crippen LogP contribution in [0.2, 0.25) is 5.02 Å². The fraction of sp³-hybridized carbons (Fsp3) is 0.438.